The van der Waals surface area contributed by atoms with E-state index in [0.29, 0.717) is 23.9 Å². The van der Waals surface area contributed by atoms with Crippen molar-refractivity contribution in [2.45, 2.75) is 44.2 Å². The fraction of sp³-hybridized carbons (Fsp3) is 0.562. The Morgan fingerprint density at radius 2 is 1.75 bits per heavy atom. The number of carbonyl (C=O) groups excluding carboxylic acids is 1. The van der Waals surface area contributed by atoms with Crippen molar-refractivity contribution in [3.05, 3.63) is 33.4 Å². The lowest BCUT2D eigenvalue weighted by atomic mass is 9.67. The van der Waals surface area contributed by atoms with Gasteiger partial charge in [0.05, 0.1) is 0 Å². The average Bonchev–Trinajstić information content (AvgIpc) is 2.40. The van der Waals surface area contributed by atoms with Crippen molar-refractivity contribution >= 4 is 28.5 Å². The highest BCUT2D eigenvalue weighted by molar-refractivity contribution is 14.1. The topological polar surface area (TPSA) is 55.1 Å². The summed E-state index contributed by atoms with van der Waals surface area (Å²) >= 11 is 2.25. The third-order valence-electron chi connectivity index (χ3n) is 4.78. The van der Waals surface area contributed by atoms with Crippen LogP contribution in [0.2, 0.25) is 0 Å². The Morgan fingerprint density at radius 3 is 2.35 bits per heavy atom. The van der Waals surface area contributed by atoms with Crippen LogP contribution in [0.4, 0.5) is 0 Å². The van der Waals surface area contributed by atoms with Crippen LogP contribution in [0.25, 0.3) is 0 Å². The van der Waals surface area contributed by atoms with Crippen molar-refractivity contribution in [3.8, 4) is 0 Å². The maximum Gasteiger partial charge on any atom is 0.251 e. The molecule has 2 unspecified atom stereocenters. The van der Waals surface area contributed by atoms with E-state index in [1.165, 1.54) is 19.3 Å². The summed E-state index contributed by atoms with van der Waals surface area (Å²) in [5.41, 5.74) is 6.89. The fourth-order valence-electron chi connectivity index (χ4n) is 3.86. The van der Waals surface area contributed by atoms with E-state index in [1.807, 2.05) is 24.3 Å². The maximum absolute atomic E-state index is 12.4. The molecule has 0 radical (unpaired) electrons. The molecule has 1 aromatic carbocycles. The van der Waals surface area contributed by atoms with Crippen LogP contribution in [-0.4, -0.2) is 18.0 Å². The molecule has 2 fully saturated rings. The van der Waals surface area contributed by atoms with Crippen molar-refractivity contribution in [1.82, 2.24) is 5.32 Å². The molecule has 3 N–H and O–H groups in total. The summed E-state index contributed by atoms with van der Waals surface area (Å²) in [5.74, 6) is 1.22. The molecule has 0 saturated heterocycles. The van der Waals surface area contributed by atoms with Crippen LogP contribution in [0.1, 0.15) is 42.5 Å². The first kappa shape index (κ1) is 14.3. The minimum atomic E-state index is 0.0683. The van der Waals surface area contributed by atoms with Crippen LogP contribution < -0.4 is 11.1 Å². The molecule has 0 aromatic heterocycles. The number of hydrogen-bond donors (Lipinski definition) is 2. The van der Waals surface area contributed by atoms with Crippen LogP contribution in [0, 0.1) is 15.4 Å². The summed E-state index contributed by atoms with van der Waals surface area (Å²) in [6, 6.07) is 8.43. The number of benzene rings is 1. The molecule has 2 saturated carbocycles. The first-order chi connectivity index (χ1) is 9.63. The molecule has 3 nitrogen and oxygen atoms in total. The van der Waals surface area contributed by atoms with E-state index in [2.05, 4.69) is 27.9 Å². The molecule has 2 atom stereocenters. The molecular formula is C16H21IN2O. The number of halogens is 1. The monoisotopic (exact) mass is 384 g/mol. The molecule has 1 aromatic rings. The zero-order valence-corrected chi connectivity index (χ0v) is 13.7. The standard InChI is InChI=1S/C16H21IN2O/c17-13-6-4-10(5-7-13)16(20)19-15-11-2-1-3-12(15)9-14(18)8-11/h4-7,11-12,14-15H,1-3,8-9,18H2,(H,19,20). The highest BCUT2D eigenvalue weighted by Crippen LogP contribution is 2.39. The van der Waals surface area contributed by atoms with Crippen LogP contribution in [0.5, 0.6) is 0 Å². The van der Waals surface area contributed by atoms with Crippen molar-refractivity contribution < 1.29 is 4.79 Å². The van der Waals surface area contributed by atoms with Gasteiger partial charge in [-0.3, -0.25) is 4.79 Å². The van der Waals surface area contributed by atoms with Gasteiger partial charge in [-0.15, -0.1) is 0 Å². The lowest BCUT2D eigenvalue weighted by Crippen LogP contribution is -2.53. The Labute approximate surface area is 133 Å². The molecule has 2 aliphatic carbocycles. The number of rotatable bonds is 2. The van der Waals surface area contributed by atoms with Crippen molar-refractivity contribution in [2.24, 2.45) is 17.6 Å². The molecule has 1 amide bonds. The Bertz CT molecular complexity index is 474. The minimum Gasteiger partial charge on any atom is -0.349 e. The van der Waals surface area contributed by atoms with Crippen LogP contribution in [0.3, 0.4) is 0 Å². The van der Waals surface area contributed by atoms with Crippen LogP contribution in [-0.2, 0) is 0 Å². The molecule has 108 valence electrons. The second-order valence-corrected chi connectivity index (χ2v) is 7.43. The molecule has 2 aliphatic rings. The molecule has 3 rings (SSSR count). The van der Waals surface area contributed by atoms with Gasteiger partial charge in [0, 0.05) is 21.2 Å². The third-order valence-corrected chi connectivity index (χ3v) is 5.50. The first-order valence-electron chi connectivity index (χ1n) is 7.45. The summed E-state index contributed by atoms with van der Waals surface area (Å²) in [6.07, 6.45) is 5.84. The highest BCUT2D eigenvalue weighted by atomic mass is 127. The largest absolute Gasteiger partial charge is 0.349 e. The number of nitrogens with one attached hydrogen (secondary N) is 1. The Kier molecular flexibility index (Phi) is 4.31. The maximum atomic E-state index is 12.4. The molecule has 0 spiro atoms. The Hall–Kier alpha value is -0.620. The second kappa shape index (κ2) is 6.02. The SMILES string of the molecule is NC1CC2CCCC(C1)C2NC(=O)c1ccc(I)cc1. The summed E-state index contributed by atoms with van der Waals surface area (Å²) in [7, 11) is 0. The Balaban J connectivity index is 1.70. The van der Waals surface area contributed by atoms with Crippen molar-refractivity contribution in [3.63, 3.8) is 0 Å². The van der Waals surface area contributed by atoms with Crippen molar-refractivity contribution in [1.29, 1.82) is 0 Å². The van der Waals surface area contributed by atoms with Gasteiger partial charge in [-0.2, -0.15) is 0 Å². The Morgan fingerprint density at radius 1 is 1.15 bits per heavy atom. The lowest BCUT2D eigenvalue weighted by molar-refractivity contribution is 0.0756. The van der Waals surface area contributed by atoms with Gasteiger partial charge in [0.15, 0.2) is 0 Å². The second-order valence-electron chi connectivity index (χ2n) is 6.19. The third kappa shape index (κ3) is 3.01. The average molecular weight is 384 g/mol. The molecular weight excluding hydrogens is 363 g/mol. The van der Waals surface area contributed by atoms with Gasteiger partial charge in [-0.25, -0.2) is 0 Å². The zero-order valence-electron chi connectivity index (χ0n) is 11.5. The molecule has 4 heteroatoms. The highest BCUT2D eigenvalue weighted by Gasteiger charge is 2.39. The van der Waals surface area contributed by atoms with Crippen LogP contribution in [0.15, 0.2) is 24.3 Å². The zero-order chi connectivity index (χ0) is 14.1. The fourth-order valence-corrected chi connectivity index (χ4v) is 4.22. The quantitative estimate of drug-likeness (QED) is 0.771. The van der Waals surface area contributed by atoms with E-state index in [4.69, 9.17) is 5.73 Å². The van der Waals surface area contributed by atoms with Gasteiger partial charge in [-0.05, 0) is 84.4 Å². The van der Waals surface area contributed by atoms with Crippen molar-refractivity contribution in [2.75, 3.05) is 0 Å². The summed E-state index contributed by atoms with van der Waals surface area (Å²) < 4.78 is 1.15. The number of nitrogens with two attached hydrogens (primary N) is 1. The van der Waals surface area contributed by atoms with E-state index in [1.54, 1.807) is 0 Å². The van der Waals surface area contributed by atoms with Gasteiger partial charge in [-0.1, -0.05) is 6.42 Å². The first-order valence-corrected chi connectivity index (χ1v) is 8.53. The van der Waals surface area contributed by atoms with Gasteiger partial charge in [0.25, 0.3) is 5.91 Å². The normalized spacial score (nSPS) is 32.7. The summed E-state index contributed by atoms with van der Waals surface area (Å²) in [6.45, 7) is 0. The molecule has 0 aliphatic heterocycles. The number of carbonyl (C=O) groups is 1. The molecule has 20 heavy (non-hydrogen) atoms. The van der Waals surface area contributed by atoms with E-state index in [9.17, 15) is 4.79 Å². The summed E-state index contributed by atoms with van der Waals surface area (Å²) in [4.78, 5) is 12.4. The van der Waals surface area contributed by atoms with E-state index in [0.717, 1.165) is 22.0 Å². The van der Waals surface area contributed by atoms with Gasteiger partial charge in [0.2, 0.25) is 0 Å². The van der Waals surface area contributed by atoms with Gasteiger partial charge < -0.3 is 11.1 Å². The van der Waals surface area contributed by atoms with E-state index < -0.39 is 0 Å². The minimum absolute atomic E-state index is 0.0683. The molecule has 0 heterocycles. The van der Waals surface area contributed by atoms with Gasteiger partial charge in [0.1, 0.15) is 0 Å². The lowest BCUT2D eigenvalue weighted by Gasteiger charge is -2.45. The van der Waals surface area contributed by atoms with E-state index in [-0.39, 0.29) is 5.91 Å². The number of amides is 1. The van der Waals surface area contributed by atoms with Crippen LogP contribution >= 0.6 is 22.6 Å². The smallest absolute Gasteiger partial charge is 0.251 e. The molecule has 2 bridgehead atoms. The summed E-state index contributed by atoms with van der Waals surface area (Å²) in [5, 5.41) is 3.28. The number of fused-ring (bicyclic) bond motifs is 2. The van der Waals surface area contributed by atoms with E-state index >= 15 is 0 Å². The predicted molar refractivity (Wildman–Crippen MR) is 88.5 cm³/mol. The van der Waals surface area contributed by atoms with Gasteiger partial charge >= 0.3 is 0 Å². The predicted octanol–water partition coefficient (Wildman–Crippen LogP) is 2.93. The number of hydrogen-bond acceptors (Lipinski definition) is 2.